The third kappa shape index (κ3) is 26.3. The van der Waals surface area contributed by atoms with E-state index in [0.717, 1.165) is 137 Å². The minimum absolute atomic E-state index is 0.649. The number of hydrogen-bond donors (Lipinski definition) is 10. The fraction of sp³-hybridized carbons (Fsp3) is 1.00. The summed E-state index contributed by atoms with van der Waals surface area (Å²) >= 11 is 0. The second kappa shape index (κ2) is 32.8. The van der Waals surface area contributed by atoms with E-state index in [0.29, 0.717) is 45.8 Å². The molecular weight excluding hydrogens is 546 g/mol. The van der Waals surface area contributed by atoms with Gasteiger partial charge in [0.05, 0.1) is 0 Å². The first kappa shape index (κ1) is 42.4. The summed E-state index contributed by atoms with van der Waals surface area (Å²) in [6.45, 7) is 24.2. The average Bonchev–Trinajstić information content (AvgIpc) is 3.00. The van der Waals surface area contributed by atoms with Crippen LogP contribution in [0, 0.1) is 0 Å². The molecule has 0 radical (unpaired) electrons. The summed E-state index contributed by atoms with van der Waals surface area (Å²) in [4.78, 5) is 12.4. The van der Waals surface area contributed by atoms with Gasteiger partial charge < -0.3 is 56.1 Å². The summed E-state index contributed by atoms with van der Waals surface area (Å²) in [6.07, 6.45) is 0. The van der Waals surface area contributed by atoms with Gasteiger partial charge in [-0.2, -0.15) is 0 Å². The SMILES string of the molecule is NCCNCCN(CCN(CCN)CCN)CCN(CCNCCN)CCN(CCNCCN)CCN(CCN)CCN. The molecule has 0 unspecified atom stereocenters. The summed E-state index contributed by atoms with van der Waals surface area (Å²) in [5.74, 6) is 0. The zero-order valence-corrected chi connectivity index (χ0v) is 27.6. The van der Waals surface area contributed by atoms with Crippen LogP contribution < -0.4 is 56.1 Å². The third-order valence-electron chi connectivity index (χ3n) is 7.49. The highest BCUT2D eigenvalue weighted by Gasteiger charge is 2.14. The van der Waals surface area contributed by atoms with E-state index >= 15 is 0 Å². The molecule has 15 nitrogen and oxygen atoms in total. The number of hydrogen-bond acceptors (Lipinski definition) is 15. The van der Waals surface area contributed by atoms with Crippen LogP contribution in [0.15, 0.2) is 0 Å². The van der Waals surface area contributed by atoms with Gasteiger partial charge in [0.25, 0.3) is 0 Å². The monoisotopic (exact) mass is 620 g/mol. The van der Waals surface area contributed by atoms with Crippen LogP contribution in [-0.2, 0) is 0 Å². The molecule has 0 aliphatic carbocycles. The predicted molar refractivity (Wildman–Crippen MR) is 184 cm³/mol. The van der Waals surface area contributed by atoms with Gasteiger partial charge in [0, 0.05) is 183 Å². The van der Waals surface area contributed by atoms with Crippen LogP contribution >= 0.6 is 0 Å². The molecule has 0 aromatic rings. The molecule has 0 rings (SSSR count). The van der Waals surface area contributed by atoms with Crippen molar-refractivity contribution in [2.45, 2.75) is 0 Å². The third-order valence-corrected chi connectivity index (χ3v) is 7.49. The van der Waals surface area contributed by atoms with E-state index in [-0.39, 0.29) is 0 Å². The molecular formula is C28H73N15. The van der Waals surface area contributed by atoms with Crippen molar-refractivity contribution >= 4 is 0 Å². The normalized spacial score (nSPS) is 12.3. The highest BCUT2D eigenvalue weighted by molar-refractivity contribution is 4.72. The minimum atomic E-state index is 0.649. The maximum absolute atomic E-state index is 5.85. The first-order valence-corrected chi connectivity index (χ1v) is 16.7. The van der Waals surface area contributed by atoms with Gasteiger partial charge in [-0.1, -0.05) is 0 Å². The quantitative estimate of drug-likeness (QED) is 0.0297. The Bertz CT molecular complexity index is 496. The lowest BCUT2D eigenvalue weighted by Gasteiger charge is -2.32. The van der Waals surface area contributed by atoms with Gasteiger partial charge in [-0.3, -0.25) is 24.5 Å². The van der Waals surface area contributed by atoms with Gasteiger partial charge in [-0.05, 0) is 0 Å². The molecule has 0 aliphatic rings. The van der Waals surface area contributed by atoms with E-state index in [9.17, 15) is 0 Å². The van der Waals surface area contributed by atoms with Crippen LogP contribution in [0.3, 0.4) is 0 Å². The Morgan fingerprint density at radius 1 is 0.233 bits per heavy atom. The fourth-order valence-corrected chi connectivity index (χ4v) is 4.93. The predicted octanol–water partition coefficient (Wildman–Crippen LogP) is -6.02. The molecule has 15 heteroatoms. The van der Waals surface area contributed by atoms with E-state index < -0.39 is 0 Å². The lowest BCUT2D eigenvalue weighted by Crippen LogP contribution is -2.47. The van der Waals surface area contributed by atoms with Crippen molar-refractivity contribution in [3.05, 3.63) is 0 Å². The zero-order chi connectivity index (χ0) is 31.8. The molecule has 0 saturated carbocycles. The van der Waals surface area contributed by atoms with Gasteiger partial charge in [-0.25, -0.2) is 0 Å². The van der Waals surface area contributed by atoms with Crippen molar-refractivity contribution in [2.24, 2.45) is 40.1 Å². The number of nitrogens with zero attached hydrogens (tertiary/aromatic N) is 5. The van der Waals surface area contributed by atoms with E-state index in [2.05, 4.69) is 40.4 Å². The van der Waals surface area contributed by atoms with E-state index in [1.165, 1.54) is 0 Å². The van der Waals surface area contributed by atoms with Crippen LogP contribution in [0.25, 0.3) is 0 Å². The van der Waals surface area contributed by atoms with Crippen LogP contribution in [0.4, 0.5) is 0 Å². The Kier molecular flexibility index (Phi) is 32.3. The van der Waals surface area contributed by atoms with Crippen LogP contribution in [0.5, 0.6) is 0 Å². The molecule has 0 heterocycles. The van der Waals surface area contributed by atoms with Crippen molar-refractivity contribution in [1.82, 2.24) is 40.4 Å². The second-order valence-corrected chi connectivity index (χ2v) is 11.0. The molecule has 43 heavy (non-hydrogen) atoms. The van der Waals surface area contributed by atoms with Gasteiger partial charge in [0.1, 0.15) is 0 Å². The molecule has 0 saturated heterocycles. The number of nitrogens with one attached hydrogen (secondary N) is 3. The molecule has 0 aromatic carbocycles. The van der Waals surface area contributed by atoms with Gasteiger partial charge in [-0.15, -0.1) is 0 Å². The summed E-state index contributed by atoms with van der Waals surface area (Å²) in [5.41, 5.74) is 40.5. The average molecular weight is 620 g/mol. The van der Waals surface area contributed by atoms with Crippen molar-refractivity contribution in [2.75, 3.05) is 183 Å². The lowest BCUT2D eigenvalue weighted by molar-refractivity contribution is 0.155. The van der Waals surface area contributed by atoms with Crippen molar-refractivity contribution in [3.8, 4) is 0 Å². The lowest BCUT2D eigenvalue weighted by atomic mass is 10.3. The summed E-state index contributed by atoms with van der Waals surface area (Å²) in [5, 5.41) is 10.4. The Balaban J connectivity index is 5.30. The van der Waals surface area contributed by atoms with Crippen molar-refractivity contribution < 1.29 is 0 Å². The number of nitrogens with two attached hydrogens (primary N) is 7. The molecule has 17 N–H and O–H groups in total. The molecule has 0 amide bonds. The highest BCUT2D eigenvalue weighted by Crippen LogP contribution is 1.99. The smallest absolute Gasteiger partial charge is 0.0110 e. The first-order valence-electron chi connectivity index (χ1n) is 16.7. The standard InChI is InChI=1S/C28H73N15/c29-1-8-36-11-18-41(23-21-39(14-4-32)15-5-33)25-27-43(20-13-38-10-3-31)28-26-42(19-12-37-9-2-30)24-22-40(16-6-34)17-7-35/h36-38H,1-35H2. The molecule has 260 valence electrons. The summed E-state index contributed by atoms with van der Waals surface area (Å²) in [7, 11) is 0. The van der Waals surface area contributed by atoms with Gasteiger partial charge in [0.2, 0.25) is 0 Å². The molecule has 0 atom stereocenters. The van der Waals surface area contributed by atoms with Gasteiger partial charge >= 0.3 is 0 Å². The summed E-state index contributed by atoms with van der Waals surface area (Å²) in [6, 6.07) is 0. The molecule has 0 spiro atoms. The Hall–Kier alpha value is -0.600. The molecule has 0 aliphatic heterocycles. The van der Waals surface area contributed by atoms with Gasteiger partial charge in [0.15, 0.2) is 0 Å². The maximum atomic E-state index is 5.85. The fourth-order valence-electron chi connectivity index (χ4n) is 4.93. The highest BCUT2D eigenvalue weighted by atomic mass is 15.3. The summed E-state index contributed by atoms with van der Waals surface area (Å²) < 4.78 is 0. The van der Waals surface area contributed by atoms with Crippen LogP contribution in [0.1, 0.15) is 0 Å². The van der Waals surface area contributed by atoms with Crippen molar-refractivity contribution in [1.29, 1.82) is 0 Å². The minimum Gasteiger partial charge on any atom is -0.329 e. The largest absolute Gasteiger partial charge is 0.329 e. The molecule has 0 fully saturated rings. The second-order valence-electron chi connectivity index (χ2n) is 11.0. The van der Waals surface area contributed by atoms with Crippen molar-refractivity contribution in [3.63, 3.8) is 0 Å². The van der Waals surface area contributed by atoms with Crippen LogP contribution in [-0.4, -0.2) is 208 Å². The van der Waals surface area contributed by atoms with E-state index in [4.69, 9.17) is 40.1 Å². The molecule has 0 aromatic heterocycles. The Labute approximate surface area is 263 Å². The van der Waals surface area contributed by atoms with E-state index in [1.54, 1.807) is 0 Å². The van der Waals surface area contributed by atoms with Crippen LogP contribution in [0.2, 0.25) is 0 Å². The molecule has 0 bridgehead atoms. The zero-order valence-electron chi connectivity index (χ0n) is 27.6. The maximum Gasteiger partial charge on any atom is 0.0110 e. The van der Waals surface area contributed by atoms with E-state index in [1.807, 2.05) is 0 Å². The Morgan fingerprint density at radius 3 is 0.628 bits per heavy atom. The Morgan fingerprint density at radius 2 is 0.442 bits per heavy atom. The number of rotatable bonds is 35. The topological polar surface area (TPSA) is 234 Å². The first-order chi connectivity index (χ1) is 21.1.